The molecule has 0 spiro atoms. The monoisotopic (exact) mass is 331 g/mol. The number of nitrogens with one attached hydrogen (secondary N) is 1. The average molecular weight is 331 g/mol. The van der Waals surface area contributed by atoms with Crippen LogP contribution < -0.4 is 4.72 Å². The van der Waals surface area contributed by atoms with Crippen LogP contribution in [0.5, 0.6) is 0 Å². The van der Waals surface area contributed by atoms with E-state index in [2.05, 4.69) is 14.9 Å². The van der Waals surface area contributed by atoms with Crippen LogP contribution >= 0.6 is 11.3 Å². The summed E-state index contributed by atoms with van der Waals surface area (Å²) in [6.07, 6.45) is 0. The first kappa shape index (κ1) is 15.6. The minimum absolute atomic E-state index is 0.00534. The molecule has 0 unspecified atom stereocenters. The lowest BCUT2D eigenvalue weighted by Gasteiger charge is -2.03. The molecular weight excluding hydrogens is 318 g/mol. The van der Waals surface area contributed by atoms with Crippen LogP contribution in [0.25, 0.3) is 0 Å². The summed E-state index contributed by atoms with van der Waals surface area (Å²) in [5.74, 6) is -0.883. The van der Waals surface area contributed by atoms with Gasteiger partial charge in [-0.1, -0.05) is 5.16 Å². The molecule has 2 aromatic rings. The van der Waals surface area contributed by atoms with Crippen molar-refractivity contribution in [2.24, 2.45) is 0 Å². The van der Waals surface area contributed by atoms with Crippen molar-refractivity contribution in [1.29, 1.82) is 0 Å². The van der Waals surface area contributed by atoms with Gasteiger partial charge in [-0.2, -0.15) is 0 Å². The van der Waals surface area contributed by atoms with E-state index in [1.807, 2.05) is 0 Å². The molecule has 0 aromatic carbocycles. The van der Waals surface area contributed by atoms with Gasteiger partial charge in [0.1, 0.15) is 20.5 Å². The second-order valence-electron chi connectivity index (χ2n) is 4.31. The SMILES string of the molecule is Cc1nc(CNS(=O)(=O)c2c(C)noc2C)sc1C(=O)O. The molecule has 0 bridgehead atoms. The van der Waals surface area contributed by atoms with Crippen LogP contribution in [0, 0.1) is 20.8 Å². The van der Waals surface area contributed by atoms with Crippen molar-refractivity contribution in [3.8, 4) is 0 Å². The smallest absolute Gasteiger partial charge is 0.347 e. The van der Waals surface area contributed by atoms with Gasteiger partial charge < -0.3 is 9.63 Å². The largest absolute Gasteiger partial charge is 0.477 e. The molecular formula is C11H13N3O5S2. The average Bonchev–Trinajstić information content (AvgIpc) is 2.91. The molecule has 2 aromatic heterocycles. The number of carboxylic acid groups (broad SMARTS) is 1. The molecule has 0 fully saturated rings. The lowest BCUT2D eigenvalue weighted by Crippen LogP contribution is -2.24. The van der Waals surface area contributed by atoms with Gasteiger partial charge in [0, 0.05) is 0 Å². The molecule has 0 amide bonds. The zero-order chi connectivity index (χ0) is 15.8. The van der Waals surface area contributed by atoms with Gasteiger partial charge in [-0.25, -0.2) is 22.9 Å². The first-order valence-corrected chi connectivity index (χ1v) is 8.14. The fraction of sp³-hybridized carbons (Fsp3) is 0.364. The van der Waals surface area contributed by atoms with E-state index >= 15 is 0 Å². The van der Waals surface area contributed by atoms with Crippen LogP contribution in [0.2, 0.25) is 0 Å². The normalized spacial score (nSPS) is 11.8. The number of nitrogens with zero attached hydrogens (tertiary/aromatic N) is 2. The Kier molecular flexibility index (Phi) is 4.12. The van der Waals surface area contributed by atoms with Crippen LogP contribution in [-0.4, -0.2) is 29.6 Å². The van der Waals surface area contributed by atoms with E-state index in [1.54, 1.807) is 6.92 Å². The number of thiazole rings is 1. The third-order valence-electron chi connectivity index (χ3n) is 2.69. The molecule has 0 radical (unpaired) electrons. The Morgan fingerprint density at radius 2 is 2.00 bits per heavy atom. The maximum absolute atomic E-state index is 12.2. The Morgan fingerprint density at radius 3 is 2.48 bits per heavy atom. The predicted octanol–water partition coefficient (Wildman–Crippen LogP) is 1.23. The third kappa shape index (κ3) is 3.12. The van der Waals surface area contributed by atoms with Crippen molar-refractivity contribution < 1.29 is 22.8 Å². The predicted molar refractivity (Wildman–Crippen MR) is 73.8 cm³/mol. The van der Waals surface area contributed by atoms with E-state index in [0.29, 0.717) is 10.7 Å². The Labute approximate surface area is 124 Å². The van der Waals surface area contributed by atoms with Crippen LogP contribution in [0.1, 0.15) is 31.8 Å². The number of sulfonamides is 1. The minimum Gasteiger partial charge on any atom is -0.477 e. The van der Waals surface area contributed by atoms with Crippen LogP contribution in [0.15, 0.2) is 9.42 Å². The van der Waals surface area contributed by atoms with Gasteiger partial charge >= 0.3 is 5.97 Å². The summed E-state index contributed by atoms with van der Waals surface area (Å²) in [4.78, 5) is 15.0. The van der Waals surface area contributed by atoms with Gasteiger partial charge in [0.05, 0.1) is 12.2 Å². The summed E-state index contributed by atoms with van der Waals surface area (Å²) in [6, 6.07) is 0. The van der Waals surface area contributed by atoms with Gasteiger partial charge in [0.2, 0.25) is 10.0 Å². The Hall–Kier alpha value is -1.78. The van der Waals surface area contributed by atoms with E-state index in [1.165, 1.54) is 13.8 Å². The van der Waals surface area contributed by atoms with Crippen molar-refractivity contribution in [1.82, 2.24) is 14.9 Å². The summed E-state index contributed by atoms with van der Waals surface area (Å²) < 4.78 is 31.6. The van der Waals surface area contributed by atoms with E-state index in [-0.39, 0.29) is 27.8 Å². The molecule has 2 rings (SSSR count). The second kappa shape index (κ2) is 5.54. The van der Waals surface area contributed by atoms with Crippen molar-refractivity contribution in [3.63, 3.8) is 0 Å². The summed E-state index contributed by atoms with van der Waals surface area (Å²) in [6.45, 7) is 4.50. The highest BCUT2D eigenvalue weighted by molar-refractivity contribution is 7.89. The molecule has 2 heterocycles. The number of aromatic nitrogens is 2. The van der Waals surface area contributed by atoms with Gasteiger partial charge in [0.15, 0.2) is 5.76 Å². The van der Waals surface area contributed by atoms with Crippen molar-refractivity contribution in [3.05, 3.63) is 27.0 Å². The van der Waals surface area contributed by atoms with E-state index < -0.39 is 16.0 Å². The van der Waals surface area contributed by atoms with Crippen molar-refractivity contribution >= 4 is 27.3 Å². The van der Waals surface area contributed by atoms with Gasteiger partial charge in [0.25, 0.3) is 0 Å². The molecule has 21 heavy (non-hydrogen) atoms. The van der Waals surface area contributed by atoms with Gasteiger partial charge in [-0.05, 0) is 20.8 Å². The number of aromatic carboxylic acids is 1. The highest BCUT2D eigenvalue weighted by atomic mass is 32.2. The van der Waals surface area contributed by atoms with Crippen LogP contribution in [-0.2, 0) is 16.6 Å². The Morgan fingerprint density at radius 1 is 1.33 bits per heavy atom. The fourth-order valence-electron chi connectivity index (χ4n) is 1.81. The number of aryl methyl sites for hydroxylation is 3. The molecule has 0 aliphatic rings. The van der Waals surface area contributed by atoms with Gasteiger partial charge in [-0.15, -0.1) is 11.3 Å². The number of carbonyl (C=O) groups is 1. The Balaban J connectivity index is 2.20. The first-order chi connectivity index (χ1) is 9.72. The second-order valence-corrected chi connectivity index (χ2v) is 7.09. The maximum atomic E-state index is 12.2. The molecule has 0 atom stereocenters. The summed E-state index contributed by atoms with van der Waals surface area (Å²) >= 11 is 0.937. The Bertz CT molecular complexity index is 771. The van der Waals surface area contributed by atoms with E-state index in [9.17, 15) is 13.2 Å². The molecule has 114 valence electrons. The van der Waals surface area contributed by atoms with Crippen LogP contribution in [0.3, 0.4) is 0 Å². The topological polar surface area (TPSA) is 122 Å². The lowest BCUT2D eigenvalue weighted by molar-refractivity contribution is 0.0701. The maximum Gasteiger partial charge on any atom is 0.347 e. The van der Waals surface area contributed by atoms with Crippen molar-refractivity contribution in [2.45, 2.75) is 32.2 Å². The molecule has 0 saturated heterocycles. The fourth-order valence-corrected chi connectivity index (χ4v) is 4.06. The standard InChI is InChI=1S/C11H13N3O5S2/c1-5-9(11(15)16)20-8(13-5)4-12-21(17,18)10-6(2)14-19-7(10)3/h12H,4H2,1-3H3,(H,15,16). The molecule has 0 saturated carbocycles. The number of hydrogen-bond donors (Lipinski definition) is 2. The summed E-state index contributed by atoms with van der Waals surface area (Å²) in [5, 5.41) is 12.9. The van der Waals surface area contributed by atoms with Crippen LogP contribution in [0.4, 0.5) is 0 Å². The molecule has 0 aliphatic heterocycles. The molecule has 8 nitrogen and oxygen atoms in total. The molecule has 0 aliphatic carbocycles. The third-order valence-corrected chi connectivity index (χ3v) is 5.48. The molecule has 2 N–H and O–H groups in total. The number of carboxylic acids is 1. The molecule has 10 heteroatoms. The van der Waals surface area contributed by atoms with E-state index in [4.69, 9.17) is 9.63 Å². The number of hydrogen-bond acceptors (Lipinski definition) is 7. The summed E-state index contributed by atoms with van der Waals surface area (Å²) in [5.41, 5.74) is 0.626. The zero-order valence-electron chi connectivity index (χ0n) is 11.5. The highest BCUT2D eigenvalue weighted by Crippen LogP contribution is 2.21. The first-order valence-electron chi connectivity index (χ1n) is 5.84. The van der Waals surface area contributed by atoms with Gasteiger partial charge in [-0.3, -0.25) is 0 Å². The number of rotatable bonds is 5. The summed E-state index contributed by atoms with van der Waals surface area (Å²) in [7, 11) is -3.79. The quantitative estimate of drug-likeness (QED) is 0.844. The van der Waals surface area contributed by atoms with Crippen molar-refractivity contribution in [2.75, 3.05) is 0 Å². The minimum atomic E-state index is -3.79. The zero-order valence-corrected chi connectivity index (χ0v) is 13.1. The highest BCUT2D eigenvalue weighted by Gasteiger charge is 2.24. The lowest BCUT2D eigenvalue weighted by atomic mass is 10.4. The van der Waals surface area contributed by atoms with E-state index in [0.717, 1.165) is 11.3 Å².